The van der Waals surface area contributed by atoms with Gasteiger partial charge in [-0.25, -0.2) is 4.98 Å². The van der Waals surface area contributed by atoms with E-state index in [2.05, 4.69) is 10.3 Å². The first-order chi connectivity index (χ1) is 9.70. The van der Waals surface area contributed by atoms with Gasteiger partial charge in [0.05, 0.1) is 4.92 Å². The Kier molecular flexibility index (Phi) is 4.49. The summed E-state index contributed by atoms with van der Waals surface area (Å²) in [5, 5.41) is 13.7. The van der Waals surface area contributed by atoms with E-state index in [-0.39, 0.29) is 5.69 Å². The predicted octanol–water partition coefficient (Wildman–Crippen LogP) is 3.00. The fourth-order valence-corrected chi connectivity index (χ4v) is 1.71. The molecule has 0 atom stereocenters. The lowest BCUT2D eigenvalue weighted by molar-refractivity contribution is -0.384. The van der Waals surface area contributed by atoms with Crippen LogP contribution in [0.5, 0.6) is 5.75 Å². The van der Waals surface area contributed by atoms with Gasteiger partial charge in [0.15, 0.2) is 0 Å². The minimum absolute atomic E-state index is 0.0482. The third kappa shape index (κ3) is 3.44. The smallest absolute Gasteiger partial charge is 0.269 e. The molecule has 1 aromatic heterocycles. The van der Waals surface area contributed by atoms with Gasteiger partial charge in [-0.3, -0.25) is 10.1 Å². The van der Waals surface area contributed by atoms with Crippen molar-refractivity contribution in [2.75, 3.05) is 11.9 Å². The molecule has 0 unspecified atom stereocenters. The molecule has 0 aliphatic rings. The molecule has 0 saturated carbocycles. The number of rotatable bonds is 6. The van der Waals surface area contributed by atoms with Crippen LogP contribution in [0.15, 0.2) is 42.6 Å². The summed E-state index contributed by atoms with van der Waals surface area (Å²) in [4.78, 5) is 14.4. The van der Waals surface area contributed by atoms with E-state index in [1.807, 2.05) is 19.1 Å². The Labute approximate surface area is 116 Å². The fraction of sp³-hybridized carbons (Fsp3) is 0.214. The average molecular weight is 273 g/mol. The average Bonchev–Trinajstić information content (AvgIpc) is 2.47. The van der Waals surface area contributed by atoms with Crippen molar-refractivity contribution in [1.82, 2.24) is 4.98 Å². The summed E-state index contributed by atoms with van der Waals surface area (Å²) in [6.07, 6.45) is 1.72. The van der Waals surface area contributed by atoms with Crippen LogP contribution in [0.25, 0.3) is 0 Å². The fourth-order valence-electron chi connectivity index (χ4n) is 1.71. The Balaban J connectivity index is 2.03. The number of non-ortho nitro benzene ring substituents is 1. The second kappa shape index (κ2) is 6.51. The minimum atomic E-state index is -0.436. The van der Waals surface area contributed by atoms with Gasteiger partial charge in [-0.2, -0.15) is 0 Å². The van der Waals surface area contributed by atoms with Crippen LogP contribution >= 0.6 is 0 Å². The number of aromatic nitrogens is 1. The monoisotopic (exact) mass is 273 g/mol. The Morgan fingerprint density at radius 3 is 2.70 bits per heavy atom. The normalized spacial score (nSPS) is 10.1. The second-order valence-electron chi connectivity index (χ2n) is 4.08. The summed E-state index contributed by atoms with van der Waals surface area (Å²) in [6, 6.07) is 9.78. The number of nitrogens with zero attached hydrogens (tertiary/aromatic N) is 2. The van der Waals surface area contributed by atoms with Crippen LogP contribution in [0.1, 0.15) is 12.5 Å². The summed E-state index contributed by atoms with van der Waals surface area (Å²) in [5.41, 5.74) is 0.986. The lowest BCUT2D eigenvalue weighted by Gasteiger charge is -2.10. The van der Waals surface area contributed by atoms with E-state index in [1.54, 1.807) is 18.3 Å². The quantitative estimate of drug-likeness (QED) is 0.646. The van der Waals surface area contributed by atoms with Crippen molar-refractivity contribution in [2.45, 2.75) is 13.5 Å². The van der Waals surface area contributed by atoms with Gasteiger partial charge in [0.25, 0.3) is 5.69 Å². The second-order valence-corrected chi connectivity index (χ2v) is 4.08. The van der Waals surface area contributed by atoms with E-state index in [4.69, 9.17) is 4.74 Å². The molecule has 0 aliphatic carbocycles. The van der Waals surface area contributed by atoms with E-state index in [0.717, 1.165) is 17.9 Å². The number of benzene rings is 1. The van der Waals surface area contributed by atoms with Gasteiger partial charge in [-0.15, -0.1) is 0 Å². The van der Waals surface area contributed by atoms with E-state index in [9.17, 15) is 10.1 Å². The summed E-state index contributed by atoms with van der Waals surface area (Å²) in [5.74, 6) is 1.37. The Morgan fingerprint density at radius 2 is 2.05 bits per heavy atom. The summed E-state index contributed by atoms with van der Waals surface area (Å²) in [7, 11) is 0. The van der Waals surface area contributed by atoms with Gasteiger partial charge in [-0.1, -0.05) is 6.07 Å². The van der Waals surface area contributed by atoms with Crippen LogP contribution in [-0.2, 0) is 6.61 Å². The van der Waals surface area contributed by atoms with Crippen LogP contribution in [0, 0.1) is 10.1 Å². The molecule has 0 fully saturated rings. The van der Waals surface area contributed by atoms with Crippen molar-refractivity contribution in [3.63, 3.8) is 0 Å². The molecule has 1 aromatic carbocycles. The topological polar surface area (TPSA) is 77.3 Å². The highest BCUT2D eigenvalue weighted by molar-refractivity contribution is 5.43. The molecule has 0 radical (unpaired) electrons. The summed E-state index contributed by atoms with van der Waals surface area (Å²) < 4.78 is 5.61. The van der Waals surface area contributed by atoms with Crippen molar-refractivity contribution in [1.29, 1.82) is 0 Å². The molecule has 2 rings (SSSR count). The number of hydrogen-bond donors (Lipinski definition) is 1. The number of pyridine rings is 1. The lowest BCUT2D eigenvalue weighted by Crippen LogP contribution is -2.05. The first-order valence-electron chi connectivity index (χ1n) is 6.25. The van der Waals surface area contributed by atoms with Crippen LogP contribution in [0.2, 0.25) is 0 Å². The van der Waals surface area contributed by atoms with Gasteiger partial charge in [0.1, 0.15) is 18.2 Å². The molecule has 0 amide bonds. The zero-order valence-corrected chi connectivity index (χ0v) is 11.1. The maximum atomic E-state index is 10.6. The van der Waals surface area contributed by atoms with Crippen LogP contribution < -0.4 is 10.1 Å². The maximum Gasteiger partial charge on any atom is 0.269 e. The molecular weight excluding hydrogens is 258 g/mol. The first-order valence-corrected chi connectivity index (χ1v) is 6.25. The van der Waals surface area contributed by atoms with Gasteiger partial charge < -0.3 is 10.1 Å². The van der Waals surface area contributed by atoms with E-state index >= 15 is 0 Å². The van der Waals surface area contributed by atoms with E-state index in [0.29, 0.717) is 12.4 Å². The maximum absolute atomic E-state index is 10.6. The molecule has 1 N–H and O–H groups in total. The highest BCUT2D eigenvalue weighted by Gasteiger charge is 2.06. The van der Waals surface area contributed by atoms with Gasteiger partial charge in [0.2, 0.25) is 0 Å². The van der Waals surface area contributed by atoms with Gasteiger partial charge in [-0.05, 0) is 25.1 Å². The number of hydrogen-bond acceptors (Lipinski definition) is 5. The number of anilines is 1. The highest BCUT2D eigenvalue weighted by Crippen LogP contribution is 2.20. The molecule has 6 heteroatoms. The number of ether oxygens (including phenoxy) is 1. The Hall–Kier alpha value is -2.63. The molecule has 104 valence electrons. The third-order valence-electron chi connectivity index (χ3n) is 2.68. The molecule has 0 spiro atoms. The van der Waals surface area contributed by atoms with Gasteiger partial charge in [0, 0.05) is 30.4 Å². The third-order valence-corrected chi connectivity index (χ3v) is 2.68. The molecular formula is C14H15N3O3. The number of nitro benzene ring substituents is 1. The number of nitrogens with one attached hydrogen (secondary N) is 1. The van der Waals surface area contributed by atoms with Gasteiger partial charge >= 0.3 is 0 Å². The lowest BCUT2D eigenvalue weighted by atomic mass is 10.2. The molecule has 6 nitrogen and oxygen atoms in total. The van der Waals surface area contributed by atoms with Crippen LogP contribution in [-0.4, -0.2) is 16.5 Å². The van der Waals surface area contributed by atoms with Crippen molar-refractivity contribution in [3.8, 4) is 5.75 Å². The zero-order valence-electron chi connectivity index (χ0n) is 11.1. The molecule has 2 aromatic rings. The predicted molar refractivity (Wildman–Crippen MR) is 75.8 cm³/mol. The Morgan fingerprint density at radius 1 is 1.30 bits per heavy atom. The summed E-state index contributed by atoms with van der Waals surface area (Å²) in [6.45, 7) is 3.13. The first kappa shape index (κ1) is 13.8. The molecule has 0 aliphatic heterocycles. The minimum Gasteiger partial charge on any atom is -0.489 e. The Bertz CT molecular complexity index is 584. The molecule has 1 heterocycles. The highest BCUT2D eigenvalue weighted by atomic mass is 16.6. The van der Waals surface area contributed by atoms with E-state index in [1.165, 1.54) is 12.1 Å². The molecule has 0 bridgehead atoms. The van der Waals surface area contributed by atoms with E-state index < -0.39 is 4.92 Å². The van der Waals surface area contributed by atoms with Crippen LogP contribution in [0.4, 0.5) is 11.5 Å². The largest absolute Gasteiger partial charge is 0.489 e. The van der Waals surface area contributed by atoms with Crippen molar-refractivity contribution < 1.29 is 9.66 Å². The van der Waals surface area contributed by atoms with Crippen molar-refractivity contribution >= 4 is 11.5 Å². The summed E-state index contributed by atoms with van der Waals surface area (Å²) >= 11 is 0. The zero-order chi connectivity index (χ0) is 14.4. The molecule has 0 saturated heterocycles. The van der Waals surface area contributed by atoms with Crippen molar-refractivity contribution in [3.05, 3.63) is 58.3 Å². The van der Waals surface area contributed by atoms with Crippen molar-refractivity contribution in [2.24, 2.45) is 0 Å². The number of nitro groups is 1. The standard InChI is InChI=1S/C14H15N3O3/c1-2-15-14-11(4-3-9-16-14)10-20-13-7-5-12(6-8-13)17(18)19/h3-9H,2,10H2,1H3,(H,15,16). The van der Waals surface area contributed by atoms with Crippen LogP contribution in [0.3, 0.4) is 0 Å². The SMILES string of the molecule is CCNc1ncccc1COc1ccc([N+](=O)[O-])cc1. The molecule has 20 heavy (non-hydrogen) atoms.